The van der Waals surface area contributed by atoms with Crippen LogP contribution in [0.4, 0.5) is 0 Å². The minimum atomic E-state index is 0. The van der Waals surface area contributed by atoms with E-state index in [1.165, 1.54) is 32.1 Å². The molecule has 0 spiro atoms. The molecular formula is C18H34ClN3O2. The number of hydrogen-bond acceptors (Lipinski definition) is 3. The molecule has 0 atom stereocenters. The second-order valence-corrected chi connectivity index (χ2v) is 7.26. The molecule has 0 aliphatic heterocycles. The Balaban J connectivity index is 0.00000288. The Kier molecular flexibility index (Phi) is 10.3. The number of carbonyl (C=O) groups is 2. The lowest BCUT2D eigenvalue weighted by atomic mass is 9.84. The summed E-state index contributed by atoms with van der Waals surface area (Å²) in [5.74, 6) is 1.07. The van der Waals surface area contributed by atoms with Gasteiger partial charge in [-0.2, -0.15) is 0 Å². The summed E-state index contributed by atoms with van der Waals surface area (Å²) in [7, 11) is 0. The van der Waals surface area contributed by atoms with Crippen LogP contribution in [0, 0.1) is 11.8 Å². The first-order valence-electron chi connectivity index (χ1n) is 9.46. The van der Waals surface area contributed by atoms with Crippen LogP contribution in [0.3, 0.4) is 0 Å². The second kappa shape index (κ2) is 11.7. The molecule has 0 aromatic heterocycles. The van der Waals surface area contributed by atoms with Gasteiger partial charge >= 0.3 is 0 Å². The summed E-state index contributed by atoms with van der Waals surface area (Å²) in [6.07, 6.45) is 11.4. The highest BCUT2D eigenvalue weighted by molar-refractivity contribution is 5.85. The highest BCUT2D eigenvalue weighted by atomic mass is 35.5. The quantitative estimate of drug-likeness (QED) is 0.610. The fourth-order valence-corrected chi connectivity index (χ4v) is 3.90. The van der Waals surface area contributed by atoms with Crippen LogP contribution < -0.4 is 16.4 Å². The van der Waals surface area contributed by atoms with Crippen LogP contribution in [0.5, 0.6) is 0 Å². The summed E-state index contributed by atoms with van der Waals surface area (Å²) < 4.78 is 0. The predicted octanol–water partition coefficient (Wildman–Crippen LogP) is 2.52. The molecule has 2 fully saturated rings. The molecule has 140 valence electrons. The van der Waals surface area contributed by atoms with Gasteiger partial charge in [-0.1, -0.05) is 19.3 Å². The van der Waals surface area contributed by atoms with Crippen molar-refractivity contribution in [3.63, 3.8) is 0 Å². The van der Waals surface area contributed by atoms with Gasteiger partial charge in [0.2, 0.25) is 11.8 Å². The van der Waals surface area contributed by atoms with Gasteiger partial charge < -0.3 is 16.4 Å². The number of rotatable bonds is 7. The number of halogens is 1. The van der Waals surface area contributed by atoms with Crippen molar-refractivity contribution in [3.8, 4) is 0 Å². The van der Waals surface area contributed by atoms with Gasteiger partial charge in [0.15, 0.2) is 0 Å². The Morgan fingerprint density at radius 3 is 2.25 bits per heavy atom. The lowest BCUT2D eigenvalue weighted by Crippen LogP contribution is -2.41. The summed E-state index contributed by atoms with van der Waals surface area (Å²) in [5, 5.41) is 6.15. The third-order valence-electron chi connectivity index (χ3n) is 5.34. The van der Waals surface area contributed by atoms with Crippen LogP contribution in [-0.4, -0.2) is 30.9 Å². The SMILES string of the molecule is Cl.NCCCNC(=O)C1CCC(NC(=O)CC2CCCCC2)CC1. The number of nitrogens with one attached hydrogen (secondary N) is 2. The third-order valence-corrected chi connectivity index (χ3v) is 5.34. The van der Waals surface area contributed by atoms with Crippen molar-refractivity contribution in [2.75, 3.05) is 13.1 Å². The van der Waals surface area contributed by atoms with Gasteiger partial charge in [-0.25, -0.2) is 0 Å². The molecule has 2 amide bonds. The van der Waals surface area contributed by atoms with Gasteiger partial charge in [-0.15, -0.1) is 12.4 Å². The molecule has 0 radical (unpaired) electrons. The van der Waals surface area contributed by atoms with E-state index in [0.717, 1.165) is 32.1 Å². The van der Waals surface area contributed by atoms with E-state index in [1.807, 2.05) is 0 Å². The zero-order valence-electron chi connectivity index (χ0n) is 14.7. The lowest BCUT2D eigenvalue weighted by molar-refractivity contribution is -0.126. The third kappa shape index (κ3) is 7.39. The van der Waals surface area contributed by atoms with Crippen LogP contribution in [0.1, 0.15) is 70.6 Å². The van der Waals surface area contributed by atoms with Crippen LogP contribution in [0.25, 0.3) is 0 Å². The van der Waals surface area contributed by atoms with Crippen LogP contribution >= 0.6 is 12.4 Å². The Bertz CT molecular complexity index is 378. The summed E-state index contributed by atoms with van der Waals surface area (Å²) in [6, 6.07) is 0.263. The minimum absolute atomic E-state index is 0. The molecule has 4 N–H and O–H groups in total. The fraction of sp³-hybridized carbons (Fsp3) is 0.889. The first-order valence-corrected chi connectivity index (χ1v) is 9.46. The molecule has 2 aliphatic rings. The zero-order valence-corrected chi connectivity index (χ0v) is 15.5. The first-order chi connectivity index (χ1) is 11.2. The predicted molar refractivity (Wildman–Crippen MR) is 99.0 cm³/mol. The highest BCUT2D eigenvalue weighted by Crippen LogP contribution is 2.27. The molecule has 5 nitrogen and oxygen atoms in total. The highest BCUT2D eigenvalue weighted by Gasteiger charge is 2.27. The molecule has 0 bridgehead atoms. The average molecular weight is 360 g/mol. The van der Waals surface area contributed by atoms with Crippen molar-refractivity contribution >= 4 is 24.2 Å². The normalized spacial score (nSPS) is 24.7. The van der Waals surface area contributed by atoms with E-state index in [2.05, 4.69) is 10.6 Å². The molecular weight excluding hydrogens is 326 g/mol. The summed E-state index contributed by atoms with van der Waals surface area (Å²) >= 11 is 0. The van der Waals surface area contributed by atoms with Crippen molar-refractivity contribution in [1.82, 2.24) is 10.6 Å². The van der Waals surface area contributed by atoms with Crippen molar-refractivity contribution in [2.24, 2.45) is 17.6 Å². The topological polar surface area (TPSA) is 84.2 Å². The maximum absolute atomic E-state index is 12.2. The van der Waals surface area contributed by atoms with E-state index in [0.29, 0.717) is 25.4 Å². The molecule has 6 heteroatoms. The summed E-state index contributed by atoms with van der Waals surface area (Å²) in [4.78, 5) is 24.2. The smallest absolute Gasteiger partial charge is 0.223 e. The Hall–Kier alpha value is -0.810. The summed E-state index contributed by atoms with van der Waals surface area (Å²) in [6.45, 7) is 1.29. The largest absolute Gasteiger partial charge is 0.356 e. The van der Waals surface area contributed by atoms with E-state index in [4.69, 9.17) is 5.73 Å². The van der Waals surface area contributed by atoms with E-state index in [1.54, 1.807) is 0 Å². The van der Waals surface area contributed by atoms with Crippen molar-refractivity contribution in [2.45, 2.75) is 76.7 Å². The summed E-state index contributed by atoms with van der Waals surface area (Å²) in [5.41, 5.74) is 5.43. The van der Waals surface area contributed by atoms with Gasteiger partial charge in [0, 0.05) is 24.9 Å². The minimum Gasteiger partial charge on any atom is -0.356 e. The van der Waals surface area contributed by atoms with E-state index in [9.17, 15) is 9.59 Å². The molecule has 2 saturated carbocycles. The molecule has 2 rings (SSSR count). The first kappa shape index (κ1) is 21.2. The number of amides is 2. The second-order valence-electron chi connectivity index (χ2n) is 7.26. The number of nitrogens with two attached hydrogens (primary N) is 1. The van der Waals surface area contributed by atoms with Crippen molar-refractivity contribution < 1.29 is 9.59 Å². The van der Waals surface area contributed by atoms with Gasteiger partial charge in [0.25, 0.3) is 0 Å². The lowest BCUT2D eigenvalue weighted by Gasteiger charge is -2.29. The van der Waals surface area contributed by atoms with Gasteiger partial charge in [-0.05, 0) is 57.4 Å². The van der Waals surface area contributed by atoms with E-state index >= 15 is 0 Å². The monoisotopic (exact) mass is 359 g/mol. The fourth-order valence-electron chi connectivity index (χ4n) is 3.90. The average Bonchev–Trinajstić information content (AvgIpc) is 2.56. The van der Waals surface area contributed by atoms with Crippen LogP contribution in [0.15, 0.2) is 0 Å². The van der Waals surface area contributed by atoms with Crippen LogP contribution in [-0.2, 0) is 9.59 Å². The van der Waals surface area contributed by atoms with Gasteiger partial charge in [0.05, 0.1) is 0 Å². The maximum Gasteiger partial charge on any atom is 0.223 e. The zero-order chi connectivity index (χ0) is 16.5. The Morgan fingerprint density at radius 1 is 0.958 bits per heavy atom. The number of carbonyl (C=O) groups excluding carboxylic acids is 2. The standard InChI is InChI=1S/C18H33N3O2.ClH/c19-11-4-12-20-18(23)15-7-9-16(10-8-15)21-17(22)13-14-5-2-1-3-6-14;/h14-16H,1-13,19H2,(H,20,23)(H,21,22);1H. The maximum atomic E-state index is 12.2. The van der Waals surface area contributed by atoms with Crippen molar-refractivity contribution in [3.05, 3.63) is 0 Å². The molecule has 2 aliphatic carbocycles. The van der Waals surface area contributed by atoms with Gasteiger partial charge in [-0.3, -0.25) is 9.59 Å². The van der Waals surface area contributed by atoms with E-state index in [-0.39, 0.29) is 36.2 Å². The van der Waals surface area contributed by atoms with Gasteiger partial charge in [0.1, 0.15) is 0 Å². The molecule has 24 heavy (non-hydrogen) atoms. The van der Waals surface area contributed by atoms with E-state index < -0.39 is 0 Å². The molecule has 0 aromatic carbocycles. The molecule has 0 heterocycles. The van der Waals surface area contributed by atoms with Crippen molar-refractivity contribution in [1.29, 1.82) is 0 Å². The Labute approximate surface area is 152 Å². The number of hydrogen-bond donors (Lipinski definition) is 3. The molecule has 0 saturated heterocycles. The molecule has 0 aromatic rings. The Morgan fingerprint density at radius 2 is 1.62 bits per heavy atom. The van der Waals surface area contributed by atoms with Crippen LogP contribution in [0.2, 0.25) is 0 Å². The molecule has 0 unspecified atom stereocenters.